The monoisotopic (exact) mass is 241 g/mol. The highest BCUT2D eigenvalue weighted by molar-refractivity contribution is 5.90. The van der Waals surface area contributed by atoms with Crippen molar-refractivity contribution in [3.05, 3.63) is 30.6 Å². The number of benzene rings is 1. The van der Waals surface area contributed by atoms with Crippen LogP contribution in [0.4, 0.5) is 5.82 Å². The topological polar surface area (TPSA) is 66.3 Å². The lowest BCUT2D eigenvalue weighted by Crippen LogP contribution is -2.30. The largest absolute Gasteiger partial charge is 0.480 e. The summed E-state index contributed by atoms with van der Waals surface area (Å²) >= 11 is 0. The average molecular weight is 241 g/mol. The van der Waals surface area contributed by atoms with E-state index in [0.29, 0.717) is 5.82 Å². The van der Waals surface area contributed by atoms with Crippen molar-refractivity contribution >= 4 is 22.7 Å². The van der Waals surface area contributed by atoms with Crippen molar-refractivity contribution in [3.63, 3.8) is 0 Å². The molecule has 0 amide bonds. The van der Waals surface area contributed by atoms with Crippen LogP contribution in [0.2, 0.25) is 0 Å². The van der Waals surface area contributed by atoms with Gasteiger partial charge in [-0.25, -0.2) is 9.97 Å². The van der Waals surface area contributed by atoms with Gasteiger partial charge in [0.2, 0.25) is 0 Å². The molecule has 0 aliphatic carbocycles. The summed E-state index contributed by atoms with van der Waals surface area (Å²) in [5.74, 6) is 2.03. The number of para-hydroxylation sites is 1. The number of aromatic nitrogens is 2. The molecule has 90 valence electrons. The number of hydrogen-bond acceptors (Lipinski definition) is 4. The molecule has 5 heteroatoms. The molecule has 1 N–H and O–H groups in total. The van der Waals surface area contributed by atoms with Crippen molar-refractivity contribution in [2.24, 2.45) is 0 Å². The highest BCUT2D eigenvalue weighted by atomic mass is 16.4. The summed E-state index contributed by atoms with van der Waals surface area (Å²) in [6.07, 6.45) is 6.66. The van der Waals surface area contributed by atoms with E-state index in [0.717, 1.165) is 10.9 Å². The second kappa shape index (κ2) is 5.15. The van der Waals surface area contributed by atoms with E-state index in [2.05, 4.69) is 15.9 Å². The summed E-state index contributed by atoms with van der Waals surface area (Å²) in [6.45, 7) is -0.00147. The quantitative estimate of drug-likeness (QED) is 0.813. The number of aliphatic carboxylic acids is 1. The molecular formula is C13H11N3O2. The van der Waals surface area contributed by atoms with Gasteiger partial charge in [-0.05, 0) is 12.1 Å². The zero-order valence-corrected chi connectivity index (χ0v) is 9.58. The third-order valence-corrected chi connectivity index (χ3v) is 2.43. The van der Waals surface area contributed by atoms with Crippen LogP contribution in [0.3, 0.4) is 0 Å². The van der Waals surface area contributed by atoms with Crippen molar-refractivity contribution in [1.82, 2.24) is 9.97 Å². The smallest absolute Gasteiger partial charge is 0.323 e. The first-order valence-corrected chi connectivity index (χ1v) is 5.32. The Hall–Kier alpha value is -2.61. The van der Waals surface area contributed by atoms with E-state index >= 15 is 0 Å². The maximum absolute atomic E-state index is 10.8. The fraction of sp³-hybridized carbons (Fsp3) is 0.154. The molecule has 0 saturated carbocycles. The van der Waals surface area contributed by atoms with Gasteiger partial charge >= 0.3 is 5.97 Å². The molecule has 0 unspecified atom stereocenters. The van der Waals surface area contributed by atoms with Crippen LogP contribution < -0.4 is 4.90 Å². The lowest BCUT2D eigenvalue weighted by Gasteiger charge is -2.20. The fourth-order valence-corrected chi connectivity index (χ4v) is 1.72. The molecule has 0 bridgehead atoms. The molecule has 1 heterocycles. The normalized spacial score (nSPS) is 9.94. The lowest BCUT2D eigenvalue weighted by atomic mass is 10.2. The van der Waals surface area contributed by atoms with Gasteiger partial charge in [0.05, 0.1) is 12.1 Å². The Morgan fingerprint density at radius 3 is 2.89 bits per heavy atom. The van der Waals surface area contributed by atoms with Gasteiger partial charge in [-0.15, -0.1) is 6.42 Å². The maximum Gasteiger partial charge on any atom is 0.323 e. The summed E-state index contributed by atoms with van der Waals surface area (Å²) in [7, 11) is 0. The van der Waals surface area contributed by atoms with Crippen LogP contribution in [0.15, 0.2) is 30.6 Å². The Morgan fingerprint density at radius 2 is 2.17 bits per heavy atom. The number of rotatable bonds is 4. The molecule has 0 saturated heterocycles. The van der Waals surface area contributed by atoms with Crippen molar-refractivity contribution in [1.29, 1.82) is 0 Å². The van der Waals surface area contributed by atoms with Gasteiger partial charge in [0, 0.05) is 5.39 Å². The Morgan fingerprint density at radius 1 is 1.39 bits per heavy atom. The van der Waals surface area contributed by atoms with E-state index in [-0.39, 0.29) is 13.1 Å². The van der Waals surface area contributed by atoms with E-state index in [4.69, 9.17) is 11.5 Å². The summed E-state index contributed by atoms with van der Waals surface area (Å²) in [5.41, 5.74) is 0.759. The Kier molecular flexibility index (Phi) is 3.39. The molecule has 1 aromatic carbocycles. The second-order valence-electron chi connectivity index (χ2n) is 3.67. The Balaban J connectivity index is 2.50. The van der Waals surface area contributed by atoms with Crippen molar-refractivity contribution in [2.75, 3.05) is 18.0 Å². The van der Waals surface area contributed by atoms with Crippen LogP contribution in [0.1, 0.15) is 0 Å². The Bertz CT molecular complexity index is 614. The van der Waals surface area contributed by atoms with Gasteiger partial charge in [0.1, 0.15) is 18.7 Å². The number of fused-ring (bicyclic) bond motifs is 1. The molecule has 18 heavy (non-hydrogen) atoms. The average Bonchev–Trinajstić information content (AvgIpc) is 2.37. The third-order valence-electron chi connectivity index (χ3n) is 2.43. The summed E-state index contributed by atoms with van der Waals surface area (Å²) in [6, 6.07) is 7.40. The first kappa shape index (κ1) is 11.9. The van der Waals surface area contributed by atoms with Gasteiger partial charge in [-0.2, -0.15) is 0 Å². The molecule has 1 aromatic heterocycles. The molecule has 0 aliphatic rings. The maximum atomic E-state index is 10.8. The highest BCUT2D eigenvalue weighted by Gasteiger charge is 2.14. The van der Waals surface area contributed by atoms with E-state index < -0.39 is 5.97 Å². The molecule has 0 radical (unpaired) electrons. The van der Waals surface area contributed by atoms with Gasteiger partial charge in [0.25, 0.3) is 0 Å². The van der Waals surface area contributed by atoms with Crippen molar-refractivity contribution < 1.29 is 9.90 Å². The minimum atomic E-state index is -0.951. The molecule has 0 atom stereocenters. The molecule has 2 aromatic rings. The number of nitrogens with zero attached hydrogens (tertiary/aromatic N) is 3. The van der Waals surface area contributed by atoms with Crippen LogP contribution in [-0.2, 0) is 4.79 Å². The van der Waals surface area contributed by atoms with Crippen molar-refractivity contribution in [3.8, 4) is 12.3 Å². The van der Waals surface area contributed by atoms with Gasteiger partial charge in [0.15, 0.2) is 0 Å². The van der Waals surface area contributed by atoms with E-state index in [1.54, 1.807) is 0 Å². The number of hydrogen-bond donors (Lipinski definition) is 1. The SMILES string of the molecule is C#CCN(CC(=O)O)c1ncnc2ccccc12. The minimum Gasteiger partial charge on any atom is -0.480 e. The summed E-state index contributed by atoms with van der Waals surface area (Å²) < 4.78 is 0. The second-order valence-corrected chi connectivity index (χ2v) is 3.67. The first-order chi connectivity index (χ1) is 8.72. The first-order valence-electron chi connectivity index (χ1n) is 5.32. The number of terminal acetylenes is 1. The standard InChI is InChI=1S/C13H11N3O2/c1-2-7-16(8-12(17)18)13-10-5-3-4-6-11(10)14-9-15-13/h1,3-6,9H,7-8H2,(H,17,18). The fourth-order valence-electron chi connectivity index (χ4n) is 1.72. The number of carbonyl (C=O) groups is 1. The molecule has 5 nitrogen and oxygen atoms in total. The van der Waals surface area contributed by atoms with Crippen LogP contribution >= 0.6 is 0 Å². The van der Waals surface area contributed by atoms with Crippen LogP contribution in [0.25, 0.3) is 10.9 Å². The zero-order chi connectivity index (χ0) is 13.0. The van der Waals surface area contributed by atoms with Gasteiger partial charge < -0.3 is 10.0 Å². The van der Waals surface area contributed by atoms with E-state index in [1.165, 1.54) is 11.2 Å². The van der Waals surface area contributed by atoms with Crippen LogP contribution in [0.5, 0.6) is 0 Å². The minimum absolute atomic E-state index is 0.188. The van der Waals surface area contributed by atoms with Crippen molar-refractivity contribution in [2.45, 2.75) is 0 Å². The van der Waals surface area contributed by atoms with Gasteiger partial charge in [-0.1, -0.05) is 18.1 Å². The molecule has 0 aliphatic heterocycles. The predicted molar refractivity (Wildman–Crippen MR) is 68.2 cm³/mol. The number of carboxylic acid groups (broad SMARTS) is 1. The van der Waals surface area contributed by atoms with Gasteiger partial charge in [-0.3, -0.25) is 4.79 Å². The third kappa shape index (κ3) is 2.38. The molecule has 0 spiro atoms. The predicted octanol–water partition coefficient (Wildman–Crippen LogP) is 1.15. The summed E-state index contributed by atoms with van der Waals surface area (Å²) in [5, 5.41) is 9.68. The van der Waals surface area contributed by atoms with E-state index in [1.807, 2.05) is 24.3 Å². The highest BCUT2D eigenvalue weighted by Crippen LogP contribution is 2.21. The van der Waals surface area contributed by atoms with E-state index in [9.17, 15) is 4.79 Å². The Labute approximate surface area is 104 Å². The molecule has 2 rings (SSSR count). The van der Waals surface area contributed by atoms with Crippen LogP contribution in [-0.4, -0.2) is 34.1 Å². The lowest BCUT2D eigenvalue weighted by molar-refractivity contribution is -0.135. The number of anilines is 1. The molecule has 0 fully saturated rings. The zero-order valence-electron chi connectivity index (χ0n) is 9.58. The van der Waals surface area contributed by atoms with Crippen LogP contribution in [0, 0.1) is 12.3 Å². The number of carboxylic acids is 1. The summed E-state index contributed by atoms with van der Waals surface area (Å²) in [4.78, 5) is 20.6. The molecular weight excluding hydrogens is 230 g/mol.